The standard InChI is InChI=1S/C19H23FN2O3S/c1-19(2)14-22(9-10-26(19,23)24)12-15-7-8-18(21-11-15)25-13-16-5-3-4-6-17(16)20/h3-8,11H,9-10,12-14H2,1-2H3. The maximum absolute atomic E-state index is 13.6. The van der Waals surface area contributed by atoms with Gasteiger partial charge in [0.15, 0.2) is 9.84 Å². The first-order valence-corrected chi connectivity index (χ1v) is 10.2. The zero-order chi connectivity index (χ0) is 18.8. The van der Waals surface area contributed by atoms with Crippen molar-refractivity contribution in [1.82, 2.24) is 9.88 Å². The van der Waals surface area contributed by atoms with Gasteiger partial charge in [-0.05, 0) is 25.5 Å². The van der Waals surface area contributed by atoms with Crippen LogP contribution in [0.2, 0.25) is 0 Å². The molecule has 2 aromatic rings. The molecule has 7 heteroatoms. The normalized spacial score (nSPS) is 19.2. The Morgan fingerprint density at radius 3 is 2.65 bits per heavy atom. The Bertz CT molecular complexity index is 867. The predicted molar refractivity (Wildman–Crippen MR) is 98.1 cm³/mol. The topological polar surface area (TPSA) is 59.5 Å². The SMILES string of the molecule is CC1(C)CN(Cc2ccc(OCc3ccccc3F)nc2)CCS1(=O)=O. The molecule has 140 valence electrons. The molecular formula is C19H23FN2O3S. The average Bonchev–Trinajstić information content (AvgIpc) is 2.59. The summed E-state index contributed by atoms with van der Waals surface area (Å²) in [6, 6.07) is 10.1. The van der Waals surface area contributed by atoms with Gasteiger partial charge in [0.1, 0.15) is 12.4 Å². The van der Waals surface area contributed by atoms with Crippen molar-refractivity contribution in [3.05, 3.63) is 59.5 Å². The van der Waals surface area contributed by atoms with Crippen LogP contribution in [-0.2, 0) is 23.0 Å². The lowest BCUT2D eigenvalue weighted by Crippen LogP contribution is -2.52. The Morgan fingerprint density at radius 1 is 1.23 bits per heavy atom. The molecule has 0 saturated carbocycles. The summed E-state index contributed by atoms with van der Waals surface area (Å²) in [5, 5.41) is 0. The highest BCUT2D eigenvalue weighted by Crippen LogP contribution is 2.25. The number of pyridine rings is 1. The van der Waals surface area contributed by atoms with Crippen molar-refractivity contribution in [2.24, 2.45) is 0 Å². The summed E-state index contributed by atoms with van der Waals surface area (Å²) in [5.41, 5.74) is 1.47. The summed E-state index contributed by atoms with van der Waals surface area (Å²) in [5.74, 6) is 0.308. The molecule has 5 nitrogen and oxygen atoms in total. The summed E-state index contributed by atoms with van der Waals surface area (Å²) in [6.07, 6.45) is 1.72. The Labute approximate surface area is 153 Å². The fraction of sp³-hybridized carbons (Fsp3) is 0.421. The number of halogens is 1. The molecule has 3 rings (SSSR count). The molecule has 26 heavy (non-hydrogen) atoms. The van der Waals surface area contributed by atoms with Crippen molar-refractivity contribution in [1.29, 1.82) is 0 Å². The lowest BCUT2D eigenvalue weighted by Gasteiger charge is -2.37. The minimum absolute atomic E-state index is 0.122. The minimum Gasteiger partial charge on any atom is -0.473 e. The van der Waals surface area contributed by atoms with Gasteiger partial charge in [-0.25, -0.2) is 17.8 Å². The van der Waals surface area contributed by atoms with Gasteiger partial charge in [-0.1, -0.05) is 24.3 Å². The highest BCUT2D eigenvalue weighted by molar-refractivity contribution is 7.92. The smallest absolute Gasteiger partial charge is 0.213 e. The lowest BCUT2D eigenvalue weighted by molar-refractivity contribution is 0.241. The first-order chi connectivity index (χ1) is 12.3. The van der Waals surface area contributed by atoms with Gasteiger partial charge >= 0.3 is 0 Å². The third-order valence-electron chi connectivity index (χ3n) is 4.66. The number of nitrogens with zero attached hydrogens (tertiary/aromatic N) is 2. The van der Waals surface area contributed by atoms with Crippen LogP contribution in [0.5, 0.6) is 5.88 Å². The highest BCUT2D eigenvalue weighted by Gasteiger charge is 2.39. The van der Waals surface area contributed by atoms with E-state index in [4.69, 9.17) is 4.74 Å². The molecule has 2 heterocycles. The molecule has 0 atom stereocenters. The fourth-order valence-electron chi connectivity index (χ4n) is 2.99. The largest absolute Gasteiger partial charge is 0.473 e. The van der Waals surface area contributed by atoms with E-state index in [-0.39, 0.29) is 18.2 Å². The fourth-order valence-corrected chi connectivity index (χ4v) is 4.42. The second kappa shape index (κ2) is 7.32. The van der Waals surface area contributed by atoms with Crippen molar-refractivity contribution in [2.75, 3.05) is 18.8 Å². The maximum atomic E-state index is 13.6. The van der Waals surface area contributed by atoms with Crippen molar-refractivity contribution in [3.63, 3.8) is 0 Å². The molecule has 0 aliphatic carbocycles. The van der Waals surface area contributed by atoms with Crippen LogP contribution in [0.25, 0.3) is 0 Å². The summed E-state index contributed by atoms with van der Waals surface area (Å²) in [4.78, 5) is 6.39. The van der Waals surface area contributed by atoms with Crippen LogP contribution >= 0.6 is 0 Å². The molecule has 0 amide bonds. The molecule has 0 bridgehead atoms. The molecule has 0 N–H and O–H groups in total. The van der Waals surface area contributed by atoms with Crippen LogP contribution in [0.1, 0.15) is 25.0 Å². The maximum Gasteiger partial charge on any atom is 0.213 e. The molecular weight excluding hydrogens is 355 g/mol. The second-order valence-corrected chi connectivity index (χ2v) is 9.92. The molecule has 1 saturated heterocycles. The van der Waals surface area contributed by atoms with Crippen molar-refractivity contribution >= 4 is 9.84 Å². The van der Waals surface area contributed by atoms with Crippen molar-refractivity contribution in [2.45, 2.75) is 31.7 Å². The van der Waals surface area contributed by atoms with E-state index >= 15 is 0 Å². The molecule has 1 aliphatic heterocycles. The van der Waals surface area contributed by atoms with E-state index in [0.29, 0.717) is 31.1 Å². The number of benzene rings is 1. The van der Waals surface area contributed by atoms with E-state index in [2.05, 4.69) is 9.88 Å². The first-order valence-electron chi connectivity index (χ1n) is 8.53. The molecule has 0 spiro atoms. The third kappa shape index (κ3) is 4.22. The number of sulfone groups is 1. The van der Waals surface area contributed by atoms with Gasteiger partial charge in [0.25, 0.3) is 0 Å². The highest BCUT2D eigenvalue weighted by atomic mass is 32.2. The monoisotopic (exact) mass is 378 g/mol. The van der Waals surface area contributed by atoms with Crippen molar-refractivity contribution in [3.8, 4) is 5.88 Å². The van der Waals surface area contributed by atoms with Gasteiger partial charge in [0.2, 0.25) is 5.88 Å². The molecule has 1 aromatic heterocycles. The van der Waals surface area contributed by atoms with E-state index in [9.17, 15) is 12.8 Å². The Morgan fingerprint density at radius 2 is 2.00 bits per heavy atom. The quantitative estimate of drug-likeness (QED) is 0.801. The second-order valence-electron chi connectivity index (χ2n) is 7.17. The molecule has 1 aromatic carbocycles. The predicted octanol–water partition coefficient (Wildman–Crippen LogP) is 2.81. The minimum atomic E-state index is -3.04. The van der Waals surface area contributed by atoms with E-state index in [1.807, 2.05) is 6.07 Å². The van der Waals surface area contributed by atoms with E-state index < -0.39 is 14.6 Å². The molecule has 0 radical (unpaired) electrons. The zero-order valence-corrected chi connectivity index (χ0v) is 15.8. The van der Waals surface area contributed by atoms with Gasteiger partial charge < -0.3 is 4.74 Å². The summed E-state index contributed by atoms with van der Waals surface area (Å²) >= 11 is 0. The number of aromatic nitrogens is 1. The van der Waals surface area contributed by atoms with Gasteiger partial charge in [-0.15, -0.1) is 0 Å². The van der Waals surface area contributed by atoms with Gasteiger partial charge in [-0.2, -0.15) is 0 Å². The van der Waals surface area contributed by atoms with E-state index in [0.717, 1.165) is 5.56 Å². The number of ether oxygens (including phenoxy) is 1. The zero-order valence-electron chi connectivity index (χ0n) is 15.0. The van der Waals surface area contributed by atoms with Crippen LogP contribution < -0.4 is 4.74 Å². The lowest BCUT2D eigenvalue weighted by atomic mass is 10.1. The number of hydrogen-bond donors (Lipinski definition) is 0. The van der Waals surface area contributed by atoms with Crippen LogP contribution in [0, 0.1) is 5.82 Å². The van der Waals surface area contributed by atoms with Gasteiger partial charge in [-0.3, -0.25) is 4.90 Å². The number of rotatable bonds is 5. The molecule has 0 unspecified atom stereocenters. The number of hydrogen-bond acceptors (Lipinski definition) is 5. The summed E-state index contributed by atoms with van der Waals surface area (Å²) in [7, 11) is -3.04. The summed E-state index contributed by atoms with van der Waals surface area (Å²) in [6.45, 7) is 5.33. The Hall–Kier alpha value is -1.99. The van der Waals surface area contributed by atoms with Crippen molar-refractivity contribution < 1.29 is 17.5 Å². The Kier molecular flexibility index (Phi) is 5.29. The van der Waals surface area contributed by atoms with Gasteiger partial charge in [0, 0.05) is 37.5 Å². The molecule has 1 fully saturated rings. The molecule has 1 aliphatic rings. The van der Waals surface area contributed by atoms with Gasteiger partial charge in [0.05, 0.1) is 10.5 Å². The van der Waals surface area contributed by atoms with E-state index in [1.54, 1.807) is 44.3 Å². The van der Waals surface area contributed by atoms with Crippen LogP contribution in [0.4, 0.5) is 4.39 Å². The van der Waals surface area contributed by atoms with E-state index in [1.165, 1.54) is 6.07 Å². The first kappa shape index (κ1) is 18.8. The van der Waals surface area contributed by atoms with Crippen LogP contribution in [0.3, 0.4) is 0 Å². The summed E-state index contributed by atoms with van der Waals surface area (Å²) < 4.78 is 42.5. The Balaban J connectivity index is 1.57. The third-order valence-corrected chi connectivity index (χ3v) is 7.19. The van der Waals surface area contributed by atoms with Crippen LogP contribution in [0.15, 0.2) is 42.6 Å². The van der Waals surface area contributed by atoms with Crippen LogP contribution in [-0.4, -0.2) is 41.9 Å². The average molecular weight is 378 g/mol.